The minimum atomic E-state index is -0.792. The summed E-state index contributed by atoms with van der Waals surface area (Å²) in [5, 5.41) is 24.5. The molecular weight excluding hydrogens is 280 g/mol. The van der Waals surface area contributed by atoms with Gasteiger partial charge in [0.05, 0.1) is 17.1 Å². The van der Waals surface area contributed by atoms with Crippen LogP contribution in [0.5, 0.6) is 5.75 Å². The van der Waals surface area contributed by atoms with E-state index in [0.29, 0.717) is 31.0 Å². The van der Waals surface area contributed by atoms with Gasteiger partial charge in [0.1, 0.15) is 5.69 Å². The number of rotatable bonds is 6. The fraction of sp³-hybridized carbons (Fsp3) is 0.538. The molecule has 1 unspecified atom stereocenters. The molecule has 20 heavy (non-hydrogen) atoms. The van der Waals surface area contributed by atoms with Crippen LogP contribution in [0.1, 0.15) is 13.3 Å². The molecule has 0 saturated carbocycles. The van der Waals surface area contributed by atoms with Gasteiger partial charge < -0.3 is 15.2 Å². The van der Waals surface area contributed by atoms with Gasteiger partial charge in [0, 0.05) is 12.3 Å². The van der Waals surface area contributed by atoms with Gasteiger partial charge in [-0.25, -0.2) is 0 Å². The van der Waals surface area contributed by atoms with Crippen molar-refractivity contribution in [1.82, 2.24) is 0 Å². The molecule has 7 heteroatoms. The minimum absolute atomic E-state index is 0.0800. The molecule has 110 valence electrons. The number of aliphatic hydroxyl groups is 1. The highest BCUT2D eigenvalue weighted by molar-refractivity contribution is 7.99. The summed E-state index contributed by atoms with van der Waals surface area (Å²) < 4.78 is 5.29. The van der Waals surface area contributed by atoms with E-state index in [1.54, 1.807) is 36.9 Å². The van der Waals surface area contributed by atoms with Crippen molar-refractivity contribution < 1.29 is 14.8 Å². The molecule has 1 aromatic carbocycles. The summed E-state index contributed by atoms with van der Waals surface area (Å²) in [6, 6.07) is 4.91. The second-order valence-electron chi connectivity index (χ2n) is 4.72. The van der Waals surface area contributed by atoms with Gasteiger partial charge in [-0.15, -0.1) is 0 Å². The molecule has 1 aliphatic heterocycles. The Labute approximate surface area is 121 Å². The van der Waals surface area contributed by atoms with Crippen molar-refractivity contribution in [3.05, 3.63) is 28.3 Å². The maximum Gasteiger partial charge on any atom is 0.333 e. The molecule has 0 bridgehead atoms. The van der Waals surface area contributed by atoms with E-state index in [-0.39, 0.29) is 11.4 Å². The first-order chi connectivity index (χ1) is 9.56. The summed E-state index contributed by atoms with van der Waals surface area (Å²) in [7, 11) is 0. The van der Waals surface area contributed by atoms with Crippen molar-refractivity contribution in [1.29, 1.82) is 0 Å². The van der Waals surface area contributed by atoms with Crippen molar-refractivity contribution in [2.45, 2.75) is 18.9 Å². The lowest BCUT2D eigenvalue weighted by Crippen LogP contribution is -2.36. The van der Waals surface area contributed by atoms with Gasteiger partial charge >= 0.3 is 5.69 Å². The van der Waals surface area contributed by atoms with E-state index < -0.39 is 10.5 Å². The number of nitrogens with one attached hydrogen (secondary N) is 1. The van der Waals surface area contributed by atoms with Crippen LogP contribution in [0, 0.1) is 10.1 Å². The Morgan fingerprint density at radius 1 is 1.60 bits per heavy atom. The topological polar surface area (TPSA) is 84.6 Å². The number of benzene rings is 1. The van der Waals surface area contributed by atoms with Crippen molar-refractivity contribution in [3.63, 3.8) is 0 Å². The van der Waals surface area contributed by atoms with E-state index in [0.717, 1.165) is 5.75 Å². The average Bonchev–Trinajstić information content (AvgIpc) is 2.84. The summed E-state index contributed by atoms with van der Waals surface area (Å²) in [4.78, 5) is 10.8. The van der Waals surface area contributed by atoms with Crippen LogP contribution in [-0.4, -0.2) is 40.3 Å². The maximum atomic E-state index is 11.2. The molecule has 1 aliphatic rings. The van der Waals surface area contributed by atoms with Crippen molar-refractivity contribution >= 4 is 23.1 Å². The number of nitrogens with zero attached hydrogens (tertiary/aromatic N) is 1. The Hall–Kier alpha value is -1.47. The average molecular weight is 298 g/mol. The SMILES string of the molecule is CCOc1cccc(NCC2(O)CCSC2)c1[N+](=O)[O-]. The number of hydrogen-bond donors (Lipinski definition) is 2. The summed E-state index contributed by atoms with van der Waals surface area (Å²) in [6.07, 6.45) is 0.698. The summed E-state index contributed by atoms with van der Waals surface area (Å²) in [5.41, 5.74) is -0.491. The van der Waals surface area contributed by atoms with E-state index in [1.807, 2.05) is 0 Å². The van der Waals surface area contributed by atoms with Crippen LogP contribution in [0.3, 0.4) is 0 Å². The lowest BCUT2D eigenvalue weighted by atomic mass is 10.0. The molecule has 6 nitrogen and oxygen atoms in total. The Bertz CT molecular complexity index is 489. The molecule has 1 aromatic rings. The third kappa shape index (κ3) is 3.34. The smallest absolute Gasteiger partial charge is 0.333 e. The largest absolute Gasteiger partial charge is 0.487 e. The number of nitro benzene ring substituents is 1. The molecule has 0 amide bonds. The number of anilines is 1. The molecule has 0 spiro atoms. The van der Waals surface area contributed by atoms with Gasteiger partial charge in [0.2, 0.25) is 0 Å². The third-order valence-corrected chi connectivity index (χ3v) is 4.41. The van der Waals surface area contributed by atoms with Crippen LogP contribution in [-0.2, 0) is 0 Å². The van der Waals surface area contributed by atoms with Gasteiger partial charge in [-0.2, -0.15) is 11.8 Å². The zero-order valence-corrected chi connectivity index (χ0v) is 12.1. The predicted octanol–water partition coefficient (Wildman–Crippen LogP) is 2.27. The number of ether oxygens (including phenoxy) is 1. The fourth-order valence-corrected chi connectivity index (χ4v) is 3.42. The second kappa shape index (κ2) is 6.32. The van der Waals surface area contributed by atoms with E-state index in [2.05, 4.69) is 5.32 Å². The molecule has 2 rings (SSSR count). The summed E-state index contributed by atoms with van der Waals surface area (Å²) in [5.74, 6) is 1.81. The highest BCUT2D eigenvalue weighted by Crippen LogP contribution is 2.36. The molecular formula is C13H18N2O4S. The van der Waals surface area contributed by atoms with Crippen LogP contribution in [0.15, 0.2) is 18.2 Å². The first-order valence-electron chi connectivity index (χ1n) is 6.50. The summed E-state index contributed by atoms with van der Waals surface area (Å²) in [6.45, 7) is 2.45. The van der Waals surface area contributed by atoms with Crippen LogP contribution < -0.4 is 10.1 Å². The number of para-hydroxylation sites is 1. The third-order valence-electron chi connectivity index (χ3n) is 3.17. The highest BCUT2D eigenvalue weighted by Gasteiger charge is 2.32. The van der Waals surface area contributed by atoms with Gasteiger partial charge in [0.25, 0.3) is 0 Å². The van der Waals surface area contributed by atoms with E-state index in [9.17, 15) is 15.2 Å². The first kappa shape index (κ1) is 14.9. The van der Waals surface area contributed by atoms with Crippen LogP contribution in [0.2, 0.25) is 0 Å². The van der Waals surface area contributed by atoms with Crippen LogP contribution >= 0.6 is 11.8 Å². The van der Waals surface area contributed by atoms with Crippen LogP contribution in [0.4, 0.5) is 11.4 Å². The number of hydrogen-bond acceptors (Lipinski definition) is 6. The zero-order valence-electron chi connectivity index (χ0n) is 11.3. The fourth-order valence-electron chi connectivity index (χ4n) is 2.12. The molecule has 0 aromatic heterocycles. The standard InChI is InChI=1S/C13H18N2O4S/c1-2-19-11-5-3-4-10(12(11)15(17)18)14-8-13(16)6-7-20-9-13/h3-5,14,16H,2,6-9H2,1H3. The maximum absolute atomic E-state index is 11.2. The lowest BCUT2D eigenvalue weighted by Gasteiger charge is -2.22. The van der Waals surface area contributed by atoms with Crippen molar-refractivity contribution in [3.8, 4) is 5.75 Å². The lowest BCUT2D eigenvalue weighted by molar-refractivity contribution is -0.384. The van der Waals surface area contributed by atoms with Crippen molar-refractivity contribution in [2.75, 3.05) is 30.0 Å². The van der Waals surface area contributed by atoms with Crippen LogP contribution in [0.25, 0.3) is 0 Å². The number of nitro groups is 1. The Morgan fingerprint density at radius 3 is 3.00 bits per heavy atom. The Kier molecular flexibility index (Phi) is 4.72. The number of thioether (sulfide) groups is 1. The van der Waals surface area contributed by atoms with Gasteiger partial charge in [-0.1, -0.05) is 6.07 Å². The van der Waals surface area contributed by atoms with Gasteiger partial charge in [0.15, 0.2) is 5.75 Å². The van der Waals surface area contributed by atoms with Crippen molar-refractivity contribution in [2.24, 2.45) is 0 Å². The summed E-state index contributed by atoms with van der Waals surface area (Å²) >= 11 is 1.69. The molecule has 0 radical (unpaired) electrons. The molecule has 1 saturated heterocycles. The van der Waals surface area contributed by atoms with Gasteiger partial charge in [-0.05, 0) is 31.2 Å². The molecule has 1 fully saturated rings. The normalized spacial score (nSPS) is 21.7. The molecule has 2 N–H and O–H groups in total. The van der Waals surface area contributed by atoms with E-state index in [4.69, 9.17) is 4.74 Å². The zero-order chi connectivity index (χ0) is 14.6. The molecule has 1 heterocycles. The highest BCUT2D eigenvalue weighted by atomic mass is 32.2. The Morgan fingerprint density at radius 2 is 2.40 bits per heavy atom. The van der Waals surface area contributed by atoms with E-state index >= 15 is 0 Å². The van der Waals surface area contributed by atoms with Gasteiger partial charge in [-0.3, -0.25) is 10.1 Å². The molecule has 1 atom stereocenters. The second-order valence-corrected chi connectivity index (χ2v) is 5.83. The first-order valence-corrected chi connectivity index (χ1v) is 7.65. The minimum Gasteiger partial charge on any atom is -0.487 e. The molecule has 0 aliphatic carbocycles. The monoisotopic (exact) mass is 298 g/mol. The quantitative estimate of drug-likeness (QED) is 0.619. The van der Waals surface area contributed by atoms with E-state index in [1.165, 1.54) is 0 Å². The Balaban J connectivity index is 2.18. The predicted molar refractivity (Wildman–Crippen MR) is 79.6 cm³/mol.